The van der Waals surface area contributed by atoms with Crippen molar-refractivity contribution in [1.29, 1.82) is 0 Å². The van der Waals surface area contributed by atoms with Gasteiger partial charge in [0.2, 0.25) is 0 Å². The number of carbonyl (C=O) groups excluding carboxylic acids is 2. The summed E-state index contributed by atoms with van der Waals surface area (Å²) in [6, 6.07) is 0. The van der Waals surface area contributed by atoms with Crippen LogP contribution in [-0.2, 0) is 9.59 Å². The Morgan fingerprint density at radius 1 is 0.833 bits per heavy atom. The third-order valence-electron chi connectivity index (χ3n) is 3.54. The normalized spacial score (nSPS) is 27.3. The summed E-state index contributed by atoms with van der Waals surface area (Å²) < 4.78 is 0. The van der Waals surface area contributed by atoms with E-state index in [1.165, 1.54) is 0 Å². The second-order valence-electron chi connectivity index (χ2n) is 4.60. The fraction of sp³-hybridized carbons (Fsp3) is 0.800. The maximum Gasteiger partial charge on any atom is 0.139 e. The Kier molecular flexibility index (Phi) is 1.89. The number of Topliss-reactive ketones (excluding diaryl/α,β-unsaturated/α-hetero) is 2. The Labute approximate surface area is 73.3 Å². The molecule has 0 atom stereocenters. The number of hydrogen-bond acceptors (Lipinski definition) is 2. The van der Waals surface area contributed by atoms with Crippen LogP contribution in [0.2, 0.25) is 0 Å². The molecule has 0 aromatic rings. The van der Waals surface area contributed by atoms with Crippen LogP contribution in [0.25, 0.3) is 0 Å². The molecule has 0 spiro atoms. The SMILES string of the molecule is CC1(C)C(=O)CCC(=O)C1(C)C. The van der Waals surface area contributed by atoms with Crippen molar-refractivity contribution in [2.75, 3.05) is 0 Å². The van der Waals surface area contributed by atoms with Gasteiger partial charge in [-0.05, 0) is 0 Å². The Bertz CT molecular complexity index is 210. The highest BCUT2D eigenvalue weighted by atomic mass is 16.1. The van der Waals surface area contributed by atoms with Gasteiger partial charge in [0.1, 0.15) is 11.6 Å². The third-order valence-corrected chi connectivity index (χ3v) is 3.54. The molecule has 0 radical (unpaired) electrons. The zero-order valence-electron chi connectivity index (χ0n) is 8.23. The van der Waals surface area contributed by atoms with Crippen molar-refractivity contribution in [1.82, 2.24) is 0 Å². The summed E-state index contributed by atoms with van der Waals surface area (Å²) in [6.45, 7) is 7.47. The van der Waals surface area contributed by atoms with Gasteiger partial charge in [-0.3, -0.25) is 9.59 Å². The second-order valence-corrected chi connectivity index (χ2v) is 4.60. The molecule has 0 saturated heterocycles. The predicted molar refractivity (Wildman–Crippen MR) is 46.8 cm³/mol. The Morgan fingerprint density at radius 2 is 1.08 bits per heavy atom. The number of ketones is 2. The fourth-order valence-electron chi connectivity index (χ4n) is 1.55. The van der Waals surface area contributed by atoms with Gasteiger partial charge in [0.25, 0.3) is 0 Å². The lowest BCUT2D eigenvalue weighted by molar-refractivity contribution is -0.150. The first kappa shape index (κ1) is 9.43. The van der Waals surface area contributed by atoms with E-state index in [9.17, 15) is 9.59 Å². The monoisotopic (exact) mass is 168 g/mol. The molecule has 0 amide bonds. The minimum atomic E-state index is -0.484. The van der Waals surface area contributed by atoms with Crippen molar-refractivity contribution in [3.05, 3.63) is 0 Å². The quantitative estimate of drug-likeness (QED) is 0.554. The molecule has 1 fully saturated rings. The van der Waals surface area contributed by atoms with Gasteiger partial charge in [-0.15, -0.1) is 0 Å². The van der Waals surface area contributed by atoms with Crippen LogP contribution in [0.3, 0.4) is 0 Å². The van der Waals surface area contributed by atoms with Gasteiger partial charge in [0.05, 0.1) is 0 Å². The van der Waals surface area contributed by atoms with Gasteiger partial charge in [-0.1, -0.05) is 27.7 Å². The van der Waals surface area contributed by atoms with Crippen LogP contribution >= 0.6 is 0 Å². The summed E-state index contributed by atoms with van der Waals surface area (Å²) in [5, 5.41) is 0. The molecule has 1 saturated carbocycles. The molecule has 0 heterocycles. The lowest BCUT2D eigenvalue weighted by atomic mass is 9.58. The Morgan fingerprint density at radius 3 is 1.33 bits per heavy atom. The van der Waals surface area contributed by atoms with Crippen LogP contribution in [0.5, 0.6) is 0 Å². The molecular weight excluding hydrogens is 152 g/mol. The molecule has 0 unspecified atom stereocenters. The molecule has 0 aliphatic heterocycles. The average molecular weight is 168 g/mol. The van der Waals surface area contributed by atoms with Crippen molar-refractivity contribution in [3.8, 4) is 0 Å². The van der Waals surface area contributed by atoms with Gasteiger partial charge in [0, 0.05) is 23.7 Å². The predicted octanol–water partition coefficient (Wildman–Crippen LogP) is 1.97. The fourth-order valence-corrected chi connectivity index (χ4v) is 1.55. The van der Waals surface area contributed by atoms with Crippen molar-refractivity contribution < 1.29 is 9.59 Å². The van der Waals surface area contributed by atoms with Crippen LogP contribution in [0.4, 0.5) is 0 Å². The first-order valence-corrected chi connectivity index (χ1v) is 4.37. The molecule has 1 aliphatic carbocycles. The average Bonchev–Trinajstić information content (AvgIpc) is 1.96. The number of rotatable bonds is 0. The van der Waals surface area contributed by atoms with E-state index in [0.717, 1.165) is 0 Å². The molecule has 0 aromatic carbocycles. The lowest BCUT2D eigenvalue weighted by Gasteiger charge is -2.42. The summed E-state index contributed by atoms with van der Waals surface area (Å²) >= 11 is 0. The summed E-state index contributed by atoms with van der Waals surface area (Å²) in [7, 11) is 0. The highest BCUT2D eigenvalue weighted by Gasteiger charge is 2.50. The maximum atomic E-state index is 11.5. The van der Waals surface area contributed by atoms with E-state index in [-0.39, 0.29) is 11.6 Å². The maximum absolute atomic E-state index is 11.5. The molecule has 2 nitrogen and oxygen atoms in total. The molecule has 0 bridgehead atoms. The molecule has 1 aliphatic rings. The van der Waals surface area contributed by atoms with E-state index in [0.29, 0.717) is 12.8 Å². The molecule has 0 aromatic heterocycles. The van der Waals surface area contributed by atoms with E-state index in [2.05, 4.69) is 0 Å². The van der Waals surface area contributed by atoms with Crippen LogP contribution in [-0.4, -0.2) is 11.6 Å². The van der Waals surface area contributed by atoms with Crippen molar-refractivity contribution in [2.24, 2.45) is 10.8 Å². The minimum absolute atomic E-state index is 0.215. The zero-order valence-corrected chi connectivity index (χ0v) is 8.23. The smallest absolute Gasteiger partial charge is 0.139 e. The molecular formula is C10H16O2. The summed E-state index contributed by atoms with van der Waals surface area (Å²) in [4.78, 5) is 23.0. The second kappa shape index (κ2) is 2.41. The van der Waals surface area contributed by atoms with Crippen LogP contribution in [0.1, 0.15) is 40.5 Å². The first-order chi connectivity index (χ1) is 5.30. The van der Waals surface area contributed by atoms with Gasteiger partial charge < -0.3 is 0 Å². The van der Waals surface area contributed by atoms with E-state index < -0.39 is 10.8 Å². The van der Waals surface area contributed by atoms with E-state index in [1.807, 2.05) is 27.7 Å². The first-order valence-electron chi connectivity index (χ1n) is 4.37. The van der Waals surface area contributed by atoms with E-state index in [1.54, 1.807) is 0 Å². The van der Waals surface area contributed by atoms with Gasteiger partial charge in [0.15, 0.2) is 0 Å². The molecule has 68 valence electrons. The van der Waals surface area contributed by atoms with Crippen molar-refractivity contribution >= 4 is 11.6 Å². The molecule has 0 N–H and O–H groups in total. The molecule has 12 heavy (non-hydrogen) atoms. The van der Waals surface area contributed by atoms with Gasteiger partial charge in [-0.2, -0.15) is 0 Å². The standard InChI is InChI=1S/C10H16O2/c1-9(2)7(11)5-6-8(12)10(9,3)4/h5-6H2,1-4H3. The highest BCUT2D eigenvalue weighted by Crippen LogP contribution is 2.45. The Balaban J connectivity index is 3.09. The largest absolute Gasteiger partial charge is 0.299 e. The van der Waals surface area contributed by atoms with Crippen molar-refractivity contribution in [2.45, 2.75) is 40.5 Å². The third kappa shape index (κ3) is 1.01. The summed E-state index contributed by atoms with van der Waals surface area (Å²) in [5.74, 6) is 0.430. The minimum Gasteiger partial charge on any atom is -0.299 e. The van der Waals surface area contributed by atoms with E-state index >= 15 is 0 Å². The van der Waals surface area contributed by atoms with E-state index in [4.69, 9.17) is 0 Å². The van der Waals surface area contributed by atoms with Crippen LogP contribution < -0.4 is 0 Å². The molecule has 2 heteroatoms. The number of hydrogen-bond donors (Lipinski definition) is 0. The van der Waals surface area contributed by atoms with Crippen LogP contribution in [0, 0.1) is 10.8 Å². The summed E-state index contributed by atoms with van der Waals surface area (Å²) in [5.41, 5.74) is -0.968. The lowest BCUT2D eigenvalue weighted by Crippen LogP contribution is -2.48. The van der Waals surface area contributed by atoms with Crippen LogP contribution in [0.15, 0.2) is 0 Å². The van der Waals surface area contributed by atoms with Crippen molar-refractivity contribution in [3.63, 3.8) is 0 Å². The molecule has 1 rings (SSSR count). The van der Waals surface area contributed by atoms with Gasteiger partial charge in [-0.25, -0.2) is 0 Å². The topological polar surface area (TPSA) is 34.1 Å². The van der Waals surface area contributed by atoms with Gasteiger partial charge >= 0.3 is 0 Å². The Hall–Kier alpha value is -0.660. The highest BCUT2D eigenvalue weighted by molar-refractivity contribution is 6.00. The number of carbonyl (C=O) groups is 2. The zero-order chi connectivity index (χ0) is 9.57. The summed E-state index contributed by atoms with van der Waals surface area (Å²) in [6.07, 6.45) is 0.852.